The van der Waals surface area contributed by atoms with Crippen LogP contribution in [0.25, 0.3) is 11.0 Å². The van der Waals surface area contributed by atoms with E-state index in [1.165, 1.54) is 17.0 Å². The van der Waals surface area contributed by atoms with E-state index in [0.717, 1.165) is 51.3 Å². The molecule has 176 valence electrons. The topological polar surface area (TPSA) is 76.8 Å². The van der Waals surface area contributed by atoms with Crippen molar-refractivity contribution >= 4 is 28.6 Å². The third-order valence-electron chi connectivity index (χ3n) is 6.21. The van der Waals surface area contributed by atoms with Crippen molar-refractivity contribution in [3.05, 3.63) is 58.9 Å². The molecule has 1 saturated heterocycles. The molecule has 0 aliphatic carbocycles. The molecule has 3 heterocycles. The summed E-state index contributed by atoms with van der Waals surface area (Å²) in [5.74, 6) is -0.205. The van der Waals surface area contributed by atoms with Crippen molar-refractivity contribution in [1.29, 1.82) is 0 Å². The minimum Gasteiger partial charge on any atom is -0.491 e. The second-order valence-electron chi connectivity index (χ2n) is 8.26. The number of carboxylic acid groups (broad SMARTS) is 1. The molecular formula is C25H30ClN3O4. The molecule has 0 unspecified atom stereocenters. The summed E-state index contributed by atoms with van der Waals surface area (Å²) in [6.07, 6.45) is 6.24. The SMILES string of the molecule is CCOCCn1cc(C2CCN(CCOc3cc(Cl)ccc3C(=O)O)CC2)c2cccnc21. The van der Waals surface area contributed by atoms with Crippen LogP contribution in [0.3, 0.4) is 0 Å². The second kappa shape index (κ2) is 11.0. The number of piperidine rings is 1. The number of aromatic carboxylic acids is 1. The molecule has 4 rings (SSSR count). The van der Waals surface area contributed by atoms with Crippen molar-refractivity contribution in [2.45, 2.75) is 32.2 Å². The standard InChI is InChI=1S/C25H30ClN3O4/c1-2-32-14-13-29-17-22(20-4-3-9-27-24(20)29)18-7-10-28(11-8-18)12-15-33-23-16-19(26)5-6-21(23)25(30)31/h3-6,9,16-18H,2,7-8,10-15H2,1H3,(H,30,31). The van der Waals surface area contributed by atoms with Crippen molar-refractivity contribution < 1.29 is 19.4 Å². The number of hydrogen-bond donors (Lipinski definition) is 1. The lowest BCUT2D eigenvalue weighted by molar-refractivity contribution is 0.0691. The normalized spacial score (nSPS) is 15.2. The molecule has 7 nitrogen and oxygen atoms in total. The largest absolute Gasteiger partial charge is 0.491 e. The first kappa shape index (κ1) is 23.5. The summed E-state index contributed by atoms with van der Waals surface area (Å²) in [5.41, 5.74) is 2.53. The fraction of sp³-hybridized carbons (Fsp3) is 0.440. The molecule has 0 saturated carbocycles. The maximum atomic E-state index is 11.4. The third kappa shape index (κ3) is 5.66. The molecule has 1 aromatic carbocycles. The number of rotatable bonds is 10. The van der Waals surface area contributed by atoms with Crippen LogP contribution in [-0.4, -0.2) is 65.0 Å². The van der Waals surface area contributed by atoms with E-state index in [4.69, 9.17) is 21.1 Å². The molecule has 0 radical (unpaired) electrons. The first-order valence-electron chi connectivity index (χ1n) is 11.5. The summed E-state index contributed by atoms with van der Waals surface area (Å²) in [7, 11) is 0. The van der Waals surface area contributed by atoms with E-state index in [9.17, 15) is 9.90 Å². The zero-order chi connectivity index (χ0) is 23.2. The van der Waals surface area contributed by atoms with Gasteiger partial charge < -0.3 is 19.1 Å². The first-order valence-corrected chi connectivity index (χ1v) is 11.8. The average molecular weight is 472 g/mol. The number of pyridine rings is 1. The van der Waals surface area contributed by atoms with Crippen molar-refractivity contribution in [2.75, 3.05) is 39.5 Å². The van der Waals surface area contributed by atoms with Gasteiger partial charge in [-0.15, -0.1) is 0 Å². The molecule has 0 atom stereocenters. The highest BCUT2D eigenvalue weighted by molar-refractivity contribution is 6.30. The Morgan fingerprint density at radius 2 is 2.03 bits per heavy atom. The number of carboxylic acids is 1. The lowest BCUT2D eigenvalue weighted by Crippen LogP contribution is -2.35. The van der Waals surface area contributed by atoms with Crippen LogP contribution < -0.4 is 4.74 Å². The lowest BCUT2D eigenvalue weighted by atomic mass is 9.89. The van der Waals surface area contributed by atoms with Gasteiger partial charge >= 0.3 is 5.97 Å². The van der Waals surface area contributed by atoms with Gasteiger partial charge in [-0.25, -0.2) is 9.78 Å². The zero-order valence-corrected chi connectivity index (χ0v) is 19.6. The number of carbonyl (C=O) groups is 1. The van der Waals surface area contributed by atoms with Gasteiger partial charge in [0.2, 0.25) is 0 Å². The Kier molecular flexibility index (Phi) is 7.85. The van der Waals surface area contributed by atoms with Gasteiger partial charge in [0.1, 0.15) is 23.6 Å². The Hall–Kier alpha value is -2.61. The maximum Gasteiger partial charge on any atom is 0.339 e. The highest BCUT2D eigenvalue weighted by atomic mass is 35.5. The van der Waals surface area contributed by atoms with Gasteiger partial charge in [-0.1, -0.05) is 11.6 Å². The van der Waals surface area contributed by atoms with E-state index in [2.05, 4.69) is 26.7 Å². The fourth-order valence-corrected chi connectivity index (χ4v) is 4.66. The number of halogens is 1. The summed E-state index contributed by atoms with van der Waals surface area (Å²) in [4.78, 5) is 18.4. The molecule has 2 aromatic heterocycles. The molecule has 1 fully saturated rings. The Balaban J connectivity index is 1.34. The fourth-order valence-electron chi connectivity index (χ4n) is 4.50. The van der Waals surface area contributed by atoms with Crippen LogP contribution in [0.15, 0.2) is 42.7 Å². The van der Waals surface area contributed by atoms with Gasteiger partial charge in [-0.2, -0.15) is 0 Å². The van der Waals surface area contributed by atoms with E-state index in [0.29, 0.717) is 29.9 Å². The predicted molar refractivity (Wildman–Crippen MR) is 129 cm³/mol. The minimum atomic E-state index is -1.02. The molecule has 0 spiro atoms. The predicted octanol–water partition coefficient (Wildman–Crippen LogP) is 4.68. The summed E-state index contributed by atoms with van der Waals surface area (Å²) >= 11 is 6.01. The summed E-state index contributed by atoms with van der Waals surface area (Å²) in [6.45, 7) is 7.33. The number of likely N-dealkylation sites (tertiary alicyclic amines) is 1. The van der Waals surface area contributed by atoms with E-state index < -0.39 is 5.97 Å². The Labute approximate surface area is 198 Å². The van der Waals surface area contributed by atoms with E-state index in [-0.39, 0.29) is 5.56 Å². The first-order chi connectivity index (χ1) is 16.1. The third-order valence-corrected chi connectivity index (χ3v) is 6.45. The molecule has 8 heteroatoms. The van der Waals surface area contributed by atoms with Crippen LogP contribution in [0.2, 0.25) is 5.02 Å². The molecular weight excluding hydrogens is 442 g/mol. The van der Waals surface area contributed by atoms with Crippen LogP contribution in [0.1, 0.15) is 41.6 Å². The Bertz CT molecular complexity index is 1090. The number of benzene rings is 1. The smallest absolute Gasteiger partial charge is 0.339 e. The van der Waals surface area contributed by atoms with Crippen molar-refractivity contribution in [1.82, 2.24) is 14.5 Å². The van der Waals surface area contributed by atoms with Gasteiger partial charge in [-0.3, -0.25) is 4.90 Å². The van der Waals surface area contributed by atoms with Crippen LogP contribution in [0.5, 0.6) is 5.75 Å². The average Bonchev–Trinajstić information content (AvgIpc) is 3.18. The highest BCUT2D eigenvalue weighted by Gasteiger charge is 2.24. The number of ether oxygens (including phenoxy) is 2. The van der Waals surface area contributed by atoms with E-state index in [1.807, 2.05) is 19.2 Å². The van der Waals surface area contributed by atoms with Crippen LogP contribution >= 0.6 is 11.6 Å². The summed E-state index contributed by atoms with van der Waals surface area (Å²) < 4.78 is 13.5. The van der Waals surface area contributed by atoms with E-state index in [1.54, 1.807) is 12.1 Å². The number of aromatic nitrogens is 2. The van der Waals surface area contributed by atoms with Crippen molar-refractivity contribution in [3.63, 3.8) is 0 Å². The quantitative estimate of drug-likeness (QED) is 0.432. The van der Waals surface area contributed by atoms with E-state index >= 15 is 0 Å². The lowest BCUT2D eigenvalue weighted by Gasteiger charge is -2.31. The van der Waals surface area contributed by atoms with Crippen LogP contribution in [0.4, 0.5) is 0 Å². The van der Waals surface area contributed by atoms with Gasteiger partial charge in [0.15, 0.2) is 0 Å². The van der Waals surface area contributed by atoms with Gasteiger partial charge in [0.05, 0.1) is 6.61 Å². The Morgan fingerprint density at radius 3 is 2.79 bits per heavy atom. The van der Waals surface area contributed by atoms with Gasteiger partial charge in [0.25, 0.3) is 0 Å². The van der Waals surface area contributed by atoms with Crippen molar-refractivity contribution in [2.24, 2.45) is 0 Å². The number of hydrogen-bond acceptors (Lipinski definition) is 5. The highest BCUT2D eigenvalue weighted by Crippen LogP contribution is 2.34. The molecule has 0 amide bonds. The second-order valence-corrected chi connectivity index (χ2v) is 8.70. The molecule has 1 aliphatic rings. The van der Waals surface area contributed by atoms with Crippen LogP contribution in [-0.2, 0) is 11.3 Å². The van der Waals surface area contributed by atoms with Crippen molar-refractivity contribution in [3.8, 4) is 5.75 Å². The molecule has 0 bridgehead atoms. The zero-order valence-electron chi connectivity index (χ0n) is 18.9. The van der Waals surface area contributed by atoms with Gasteiger partial charge in [-0.05, 0) is 74.7 Å². The maximum absolute atomic E-state index is 11.4. The van der Waals surface area contributed by atoms with Crippen LogP contribution in [0, 0.1) is 0 Å². The summed E-state index contributed by atoms with van der Waals surface area (Å²) in [6, 6.07) is 8.77. The van der Waals surface area contributed by atoms with Gasteiger partial charge in [0, 0.05) is 42.5 Å². The molecule has 1 aliphatic heterocycles. The molecule has 1 N–H and O–H groups in total. The minimum absolute atomic E-state index is 0.132. The summed E-state index contributed by atoms with van der Waals surface area (Å²) in [5, 5.41) is 11.0. The molecule has 33 heavy (non-hydrogen) atoms. The number of nitrogens with zero attached hydrogens (tertiary/aromatic N) is 3. The molecule has 3 aromatic rings. The number of fused-ring (bicyclic) bond motifs is 1. The Morgan fingerprint density at radius 1 is 1.21 bits per heavy atom. The monoisotopic (exact) mass is 471 g/mol.